The third-order valence-corrected chi connectivity index (χ3v) is 5.94. The molecule has 4 rings (SSSR count). The summed E-state index contributed by atoms with van der Waals surface area (Å²) in [4.78, 5) is 32.5. The Labute approximate surface area is 168 Å². The highest BCUT2D eigenvalue weighted by atomic mass is 32.1. The molecule has 9 heteroatoms. The summed E-state index contributed by atoms with van der Waals surface area (Å²) in [7, 11) is 0. The lowest BCUT2D eigenvalue weighted by atomic mass is 9.89. The molecule has 3 heterocycles. The summed E-state index contributed by atoms with van der Waals surface area (Å²) in [5, 5.41) is 1.74. The van der Waals surface area contributed by atoms with E-state index in [0.717, 1.165) is 22.8 Å². The minimum atomic E-state index is -4.50. The standard InChI is InChI=1S/C20H18F3N3O2S/c1-12-9-26-16(11-29-19(26)24-12)18(28)25-7-3-5-14(10-25)17(27)13-4-2-6-15(8-13)20(21,22)23/h2,4,6,8-9,11,14H,3,5,7,10H2,1H3. The van der Waals surface area contributed by atoms with Gasteiger partial charge in [-0.1, -0.05) is 12.1 Å². The van der Waals surface area contributed by atoms with Gasteiger partial charge in [-0.05, 0) is 31.9 Å². The largest absolute Gasteiger partial charge is 0.416 e. The van der Waals surface area contributed by atoms with Crippen molar-refractivity contribution in [2.75, 3.05) is 13.1 Å². The number of likely N-dealkylation sites (tertiary alicyclic amines) is 1. The summed E-state index contributed by atoms with van der Waals surface area (Å²) in [5.41, 5.74) is 0.477. The van der Waals surface area contributed by atoms with Crippen LogP contribution in [0.4, 0.5) is 13.2 Å². The van der Waals surface area contributed by atoms with Crippen LogP contribution in [0.3, 0.4) is 0 Å². The second-order valence-electron chi connectivity index (χ2n) is 7.19. The Balaban J connectivity index is 1.54. The summed E-state index contributed by atoms with van der Waals surface area (Å²) in [6.45, 7) is 2.55. The number of aryl methyl sites for hydroxylation is 1. The molecule has 0 N–H and O–H groups in total. The first-order valence-electron chi connectivity index (χ1n) is 9.18. The first-order valence-corrected chi connectivity index (χ1v) is 10.1. The summed E-state index contributed by atoms with van der Waals surface area (Å²) in [5.74, 6) is -1.08. The second kappa shape index (κ2) is 7.29. The highest BCUT2D eigenvalue weighted by Gasteiger charge is 2.33. The number of amides is 1. The molecule has 1 unspecified atom stereocenters. The lowest BCUT2D eigenvalue weighted by Crippen LogP contribution is -2.42. The molecule has 152 valence electrons. The van der Waals surface area contributed by atoms with Gasteiger partial charge in [-0.15, -0.1) is 11.3 Å². The van der Waals surface area contributed by atoms with Gasteiger partial charge >= 0.3 is 6.18 Å². The van der Waals surface area contributed by atoms with Gasteiger partial charge in [-0.25, -0.2) is 4.98 Å². The summed E-state index contributed by atoms with van der Waals surface area (Å²) >= 11 is 1.37. The van der Waals surface area contributed by atoms with Gasteiger partial charge in [0, 0.05) is 36.1 Å². The normalized spacial score (nSPS) is 17.7. The molecule has 1 saturated heterocycles. The number of rotatable bonds is 3. The minimum absolute atomic E-state index is 0.0299. The van der Waals surface area contributed by atoms with E-state index in [-0.39, 0.29) is 23.8 Å². The number of hydrogen-bond acceptors (Lipinski definition) is 4. The van der Waals surface area contributed by atoms with E-state index in [0.29, 0.717) is 25.1 Å². The van der Waals surface area contributed by atoms with Gasteiger partial charge in [0.2, 0.25) is 0 Å². The first-order chi connectivity index (χ1) is 13.7. The van der Waals surface area contributed by atoms with Crippen molar-refractivity contribution in [3.05, 3.63) is 58.4 Å². The third kappa shape index (κ3) is 3.78. The number of thiazole rings is 1. The number of carbonyl (C=O) groups is 2. The fourth-order valence-electron chi connectivity index (χ4n) is 3.67. The van der Waals surface area contributed by atoms with Crippen molar-refractivity contribution in [1.29, 1.82) is 0 Å². The van der Waals surface area contributed by atoms with Crippen LogP contribution >= 0.6 is 11.3 Å². The molecule has 5 nitrogen and oxygen atoms in total. The molecule has 1 amide bonds. The number of carbonyl (C=O) groups excluding carboxylic acids is 2. The average molecular weight is 421 g/mol. The zero-order valence-electron chi connectivity index (χ0n) is 15.6. The van der Waals surface area contributed by atoms with Gasteiger partial charge in [-0.3, -0.25) is 14.0 Å². The summed E-state index contributed by atoms with van der Waals surface area (Å²) < 4.78 is 40.6. The number of fused-ring (bicyclic) bond motifs is 1. The number of imidazole rings is 1. The number of nitrogens with zero attached hydrogens (tertiary/aromatic N) is 3. The van der Waals surface area contributed by atoms with Crippen LogP contribution in [0, 0.1) is 12.8 Å². The predicted octanol–water partition coefficient (Wildman–Crippen LogP) is 4.46. The Morgan fingerprint density at radius 2 is 2.07 bits per heavy atom. The zero-order chi connectivity index (χ0) is 20.8. The van der Waals surface area contributed by atoms with Crippen LogP contribution in [-0.2, 0) is 6.18 Å². The van der Waals surface area contributed by atoms with Crippen molar-refractivity contribution in [1.82, 2.24) is 14.3 Å². The molecule has 1 aliphatic heterocycles. The van der Waals surface area contributed by atoms with E-state index in [4.69, 9.17) is 0 Å². The maximum Gasteiger partial charge on any atom is 0.416 e. The van der Waals surface area contributed by atoms with Gasteiger partial charge in [0.05, 0.1) is 11.3 Å². The Kier molecular flexibility index (Phi) is 4.94. The molecule has 1 fully saturated rings. The third-order valence-electron chi connectivity index (χ3n) is 5.10. The minimum Gasteiger partial charge on any atom is -0.337 e. The van der Waals surface area contributed by atoms with Crippen LogP contribution in [0.2, 0.25) is 0 Å². The van der Waals surface area contributed by atoms with Crippen LogP contribution in [-0.4, -0.2) is 39.1 Å². The van der Waals surface area contributed by atoms with Crippen molar-refractivity contribution in [2.45, 2.75) is 25.9 Å². The Morgan fingerprint density at radius 1 is 1.28 bits per heavy atom. The van der Waals surface area contributed by atoms with Gasteiger partial charge in [-0.2, -0.15) is 13.2 Å². The van der Waals surface area contributed by atoms with E-state index in [2.05, 4.69) is 4.98 Å². The van der Waals surface area contributed by atoms with Gasteiger partial charge < -0.3 is 4.90 Å². The highest BCUT2D eigenvalue weighted by molar-refractivity contribution is 7.15. The lowest BCUT2D eigenvalue weighted by molar-refractivity contribution is -0.137. The van der Waals surface area contributed by atoms with Gasteiger partial charge in [0.15, 0.2) is 10.7 Å². The number of halogens is 3. The number of alkyl halides is 3. The van der Waals surface area contributed by atoms with Crippen LogP contribution in [0.1, 0.15) is 44.9 Å². The molecule has 0 spiro atoms. The van der Waals surface area contributed by atoms with Crippen LogP contribution in [0.25, 0.3) is 4.96 Å². The number of Topliss-reactive ketones (excluding diaryl/α,β-unsaturated/α-hetero) is 1. The van der Waals surface area contributed by atoms with Crippen molar-refractivity contribution in [2.24, 2.45) is 5.92 Å². The molecule has 1 atom stereocenters. The van der Waals surface area contributed by atoms with E-state index in [1.807, 2.05) is 6.92 Å². The number of piperidine rings is 1. The van der Waals surface area contributed by atoms with Crippen LogP contribution < -0.4 is 0 Å². The summed E-state index contributed by atoms with van der Waals surface area (Å²) in [6, 6.07) is 4.47. The molecule has 1 aliphatic rings. The molecule has 2 aromatic heterocycles. The van der Waals surface area contributed by atoms with Crippen LogP contribution in [0.5, 0.6) is 0 Å². The predicted molar refractivity (Wildman–Crippen MR) is 102 cm³/mol. The number of ketones is 1. The second-order valence-corrected chi connectivity index (χ2v) is 8.03. The van der Waals surface area contributed by atoms with E-state index in [9.17, 15) is 22.8 Å². The monoisotopic (exact) mass is 421 g/mol. The molecule has 0 saturated carbocycles. The van der Waals surface area contributed by atoms with Crippen molar-refractivity contribution in [3.8, 4) is 0 Å². The fourth-order valence-corrected chi connectivity index (χ4v) is 4.56. The zero-order valence-corrected chi connectivity index (χ0v) is 16.4. The fraction of sp³-hybridized carbons (Fsp3) is 0.350. The Bertz CT molecular complexity index is 1090. The van der Waals surface area contributed by atoms with Gasteiger partial charge in [0.1, 0.15) is 5.69 Å². The topological polar surface area (TPSA) is 54.7 Å². The smallest absolute Gasteiger partial charge is 0.337 e. The molecule has 29 heavy (non-hydrogen) atoms. The molecule has 0 aliphatic carbocycles. The molecular formula is C20H18F3N3O2S. The maximum absolute atomic E-state index is 13.0. The number of aromatic nitrogens is 2. The Morgan fingerprint density at radius 3 is 2.83 bits per heavy atom. The Hall–Kier alpha value is -2.68. The first kappa shape index (κ1) is 19.6. The van der Waals surface area contributed by atoms with Crippen molar-refractivity contribution >= 4 is 28.0 Å². The summed E-state index contributed by atoms with van der Waals surface area (Å²) in [6.07, 6.45) is -1.55. The number of hydrogen-bond donors (Lipinski definition) is 0. The van der Waals surface area contributed by atoms with E-state index in [1.165, 1.54) is 23.5 Å². The van der Waals surface area contributed by atoms with Gasteiger partial charge in [0.25, 0.3) is 5.91 Å². The lowest BCUT2D eigenvalue weighted by Gasteiger charge is -2.32. The molecular weight excluding hydrogens is 403 g/mol. The molecule has 1 aromatic carbocycles. The number of benzene rings is 1. The highest BCUT2D eigenvalue weighted by Crippen LogP contribution is 2.31. The van der Waals surface area contributed by atoms with Crippen molar-refractivity contribution < 1.29 is 22.8 Å². The molecule has 0 bridgehead atoms. The average Bonchev–Trinajstić information content (AvgIpc) is 3.25. The van der Waals surface area contributed by atoms with E-state index in [1.54, 1.807) is 20.9 Å². The molecule has 0 radical (unpaired) electrons. The molecule has 3 aromatic rings. The quantitative estimate of drug-likeness (QED) is 0.587. The van der Waals surface area contributed by atoms with E-state index >= 15 is 0 Å². The van der Waals surface area contributed by atoms with E-state index < -0.39 is 17.7 Å². The van der Waals surface area contributed by atoms with Crippen LogP contribution in [0.15, 0.2) is 35.8 Å². The SMILES string of the molecule is Cc1cn2c(C(=O)N3CCCC(C(=O)c4cccc(C(F)(F)F)c4)C3)csc2n1. The maximum atomic E-state index is 13.0. The van der Waals surface area contributed by atoms with Crippen molar-refractivity contribution in [3.63, 3.8) is 0 Å².